The standard InChI is InChI=1S/C12H19N3S/c1-8-7-16-12(14-8)9(2)15-11(13)10-5-3-4-6-10/h7,9-10H,3-6H2,1-2H3,(H2,13,15). The van der Waals surface area contributed by atoms with Crippen LogP contribution in [-0.4, -0.2) is 10.8 Å². The van der Waals surface area contributed by atoms with Crippen LogP contribution >= 0.6 is 11.3 Å². The number of aliphatic imine (C=N–C) groups is 1. The predicted octanol–water partition coefficient (Wildman–Crippen LogP) is 3.06. The molecule has 0 aliphatic heterocycles. The lowest BCUT2D eigenvalue weighted by molar-refractivity contribution is 0.698. The Morgan fingerprint density at radius 1 is 1.56 bits per heavy atom. The molecule has 4 heteroatoms. The van der Waals surface area contributed by atoms with Gasteiger partial charge in [0.15, 0.2) is 0 Å². The summed E-state index contributed by atoms with van der Waals surface area (Å²) >= 11 is 1.67. The number of hydrogen-bond acceptors (Lipinski definition) is 3. The van der Waals surface area contributed by atoms with Crippen molar-refractivity contribution in [3.05, 3.63) is 16.1 Å². The molecule has 3 nitrogen and oxygen atoms in total. The van der Waals surface area contributed by atoms with E-state index in [9.17, 15) is 0 Å². The van der Waals surface area contributed by atoms with Gasteiger partial charge in [0, 0.05) is 17.0 Å². The van der Waals surface area contributed by atoms with E-state index < -0.39 is 0 Å². The smallest absolute Gasteiger partial charge is 0.117 e. The Kier molecular flexibility index (Phi) is 3.59. The number of aromatic nitrogens is 1. The lowest BCUT2D eigenvalue weighted by atomic mass is 10.1. The number of nitrogens with zero attached hydrogens (tertiary/aromatic N) is 2. The van der Waals surface area contributed by atoms with Crippen LogP contribution in [0.25, 0.3) is 0 Å². The fraction of sp³-hybridized carbons (Fsp3) is 0.667. The van der Waals surface area contributed by atoms with Crippen LogP contribution < -0.4 is 5.73 Å². The quantitative estimate of drug-likeness (QED) is 0.649. The van der Waals surface area contributed by atoms with Gasteiger partial charge in [0.2, 0.25) is 0 Å². The highest BCUT2D eigenvalue weighted by molar-refractivity contribution is 7.09. The lowest BCUT2D eigenvalue weighted by Gasteiger charge is -2.10. The second-order valence-corrected chi connectivity index (χ2v) is 5.43. The van der Waals surface area contributed by atoms with Gasteiger partial charge in [0.25, 0.3) is 0 Å². The van der Waals surface area contributed by atoms with E-state index in [0.717, 1.165) is 16.5 Å². The van der Waals surface area contributed by atoms with E-state index >= 15 is 0 Å². The second kappa shape index (κ2) is 4.95. The molecule has 0 bridgehead atoms. The van der Waals surface area contributed by atoms with Crippen LogP contribution in [0.15, 0.2) is 10.4 Å². The van der Waals surface area contributed by atoms with Gasteiger partial charge in [-0.3, -0.25) is 4.99 Å². The van der Waals surface area contributed by atoms with E-state index in [2.05, 4.69) is 22.3 Å². The molecule has 88 valence electrons. The SMILES string of the molecule is Cc1csc(C(C)N=C(N)C2CCCC2)n1. The molecule has 2 rings (SSSR count). The van der Waals surface area contributed by atoms with Gasteiger partial charge in [0.05, 0.1) is 5.84 Å². The van der Waals surface area contributed by atoms with Crippen LogP contribution in [0.5, 0.6) is 0 Å². The number of rotatable bonds is 3. The summed E-state index contributed by atoms with van der Waals surface area (Å²) in [7, 11) is 0. The molecule has 0 amide bonds. The Balaban J connectivity index is 2.04. The maximum Gasteiger partial charge on any atom is 0.117 e. The number of nitrogens with two attached hydrogens (primary N) is 1. The van der Waals surface area contributed by atoms with Crippen molar-refractivity contribution in [1.29, 1.82) is 0 Å². The van der Waals surface area contributed by atoms with Crippen molar-refractivity contribution in [2.45, 2.75) is 45.6 Å². The zero-order chi connectivity index (χ0) is 11.5. The summed E-state index contributed by atoms with van der Waals surface area (Å²) in [6, 6.07) is 0.110. The second-order valence-electron chi connectivity index (χ2n) is 4.54. The molecule has 16 heavy (non-hydrogen) atoms. The van der Waals surface area contributed by atoms with E-state index in [-0.39, 0.29) is 6.04 Å². The van der Waals surface area contributed by atoms with Gasteiger partial charge in [-0.2, -0.15) is 0 Å². The monoisotopic (exact) mass is 237 g/mol. The van der Waals surface area contributed by atoms with Crippen LogP contribution in [0, 0.1) is 12.8 Å². The molecule has 1 aliphatic rings. The van der Waals surface area contributed by atoms with Crippen molar-refractivity contribution in [3.8, 4) is 0 Å². The van der Waals surface area contributed by atoms with Crippen molar-refractivity contribution in [1.82, 2.24) is 4.98 Å². The van der Waals surface area contributed by atoms with E-state index in [1.165, 1.54) is 25.7 Å². The zero-order valence-electron chi connectivity index (χ0n) is 9.94. The van der Waals surface area contributed by atoms with Crippen molar-refractivity contribution in [3.63, 3.8) is 0 Å². The van der Waals surface area contributed by atoms with E-state index in [4.69, 9.17) is 5.73 Å². The van der Waals surface area contributed by atoms with Crippen LogP contribution in [0.3, 0.4) is 0 Å². The molecular formula is C12H19N3S. The van der Waals surface area contributed by atoms with Crippen LogP contribution in [0.4, 0.5) is 0 Å². The fourth-order valence-electron chi connectivity index (χ4n) is 2.17. The first kappa shape index (κ1) is 11.6. The maximum atomic E-state index is 6.05. The van der Waals surface area contributed by atoms with E-state index in [0.29, 0.717) is 5.92 Å². The minimum absolute atomic E-state index is 0.110. The van der Waals surface area contributed by atoms with Crippen LogP contribution in [0.1, 0.15) is 49.4 Å². The molecule has 1 atom stereocenters. The maximum absolute atomic E-state index is 6.05. The van der Waals surface area contributed by atoms with Gasteiger partial charge in [-0.25, -0.2) is 4.98 Å². The topological polar surface area (TPSA) is 51.3 Å². The van der Waals surface area contributed by atoms with Gasteiger partial charge in [-0.05, 0) is 26.7 Å². The molecule has 1 saturated carbocycles. The Morgan fingerprint density at radius 2 is 2.25 bits per heavy atom. The molecule has 0 spiro atoms. The van der Waals surface area contributed by atoms with Crippen molar-refractivity contribution in [2.75, 3.05) is 0 Å². The highest BCUT2D eigenvalue weighted by Crippen LogP contribution is 2.27. The van der Waals surface area contributed by atoms with Crippen LogP contribution in [0.2, 0.25) is 0 Å². The minimum Gasteiger partial charge on any atom is -0.387 e. The molecule has 1 fully saturated rings. The molecule has 1 aromatic rings. The normalized spacial score (nSPS) is 20.2. The summed E-state index contributed by atoms with van der Waals surface area (Å²) in [5.41, 5.74) is 7.12. The third kappa shape index (κ3) is 2.61. The first-order valence-electron chi connectivity index (χ1n) is 5.92. The molecule has 2 N–H and O–H groups in total. The minimum atomic E-state index is 0.110. The molecule has 0 saturated heterocycles. The number of aryl methyl sites for hydroxylation is 1. The zero-order valence-corrected chi connectivity index (χ0v) is 10.8. The first-order valence-corrected chi connectivity index (χ1v) is 6.80. The number of amidine groups is 1. The lowest BCUT2D eigenvalue weighted by Crippen LogP contribution is -2.22. The highest BCUT2D eigenvalue weighted by atomic mass is 32.1. The van der Waals surface area contributed by atoms with Gasteiger partial charge in [0.1, 0.15) is 11.0 Å². The van der Waals surface area contributed by atoms with Crippen molar-refractivity contribution < 1.29 is 0 Å². The molecule has 0 radical (unpaired) electrons. The highest BCUT2D eigenvalue weighted by Gasteiger charge is 2.19. The van der Waals surface area contributed by atoms with Crippen LogP contribution in [-0.2, 0) is 0 Å². The molecular weight excluding hydrogens is 218 g/mol. The summed E-state index contributed by atoms with van der Waals surface area (Å²) in [5.74, 6) is 1.35. The average Bonchev–Trinajstić information content (AvgIpc) is 2.87. The van der Waals surface area contributed by atoms with E-state index in [1.54, 1.807) is 11.3 Å². The molecule has 1 aromatic heterocycles. The summed E-state index contributed by atoms with van der Waals surface area (Å²) in [6.45, 7) is 4.08. The summed E-state index contributed by atoms with van der Waals surface area (Å²) < 4.78 is 0. The molecule has 1 unspecified atom stereocenters. The number of thiazole rings is 1. The predicted molar refractivity (Wildman–Crippen MR) is 68.8 cm³/mol. The van der Waals surface area contributed by atoms with Gasteiger partial charge >= 0.3 is 0 Å². The molecule has 1 heterocycles. The molecule has 0 aromatic carbocycles. The Hall–Kier alpha value is -0.900. The van der Waals surface area contributed by atoms with Gasteiger partial charge < -0.3 is 5.73 Å². The number of hydrogen-bond donors (Lipinski definition) is 1. The average molecular weight is 237 g/mol. The largest absolute Gasteiger partial charge is 0.387 e. The van der Waals surface area contributed by atoms with Crippen molar-refractivity contribution in [2.24, 2.45) is 16.6 Å². The Morgan fingerprint density at radius 3 is 2.81 bits per heavy atom. The van der Waals surface area contributed by atoms with Crippen molar-refractivity contribution >= 4 is 17.2 Å². The third-order valence-corrected chi connectivity index (χ3v) is 4.24. The Bertz CT molecular complexity index is 377. The van der Waals surface area contributed by atoms with Gasteiger partial charge in [-0.15, -0.1) is 11.3 Å². The summed E-state index contributed by atoms with van der Waals surface area (Å²) in [4.78, 5) is 9.03. The third-order valence-electron chi connectivity index (χ3n) is 3.11. The summed E-state index contributed by atoms with van der Waals surface area (Å²) in [5, 5.41) is 3.13. The fourth-order valence-corrected chi connectivity index (χ4v) is 2.96. The van der Waals surface area contributed by atoms with Gasteiger partial charge in [-0.1, -0.05) is 12.8 Å². The molecule has 1 aliphatic carbocycles. The van der Waals surface area contributed by atoms with E-state index in [1.807, 2.05) is 6.92 Å². The Labute approximate surface area is 101 Å². The first-order chi connectivity index (χ1) is 7.66. The summed E-state index contributed by atoms with van der Waals surface area (Å²) in [6.07, 6.45) is 5.01.